The average Bonchev–Trinajstić information content (AvgIpc) is 2.39. The second-order valence-electron chi connectivity index (χ2n) is 4.98. The number of nitrogens with one attached hydrogen (secondary N) is 1. The Morgan fingerprint density at radius 3 is 3.00 bits per heavy atom. The van der Waals surface area contributed by atoms with E-state index in [2.05, 4.69) is 10.4 Å². The zero-order valence-corrected chi connectivity index (χ0v) is 11.4. The molecule has 0 unspecified atom stereocenters. The largest absolute Gasteiger partial charge is 0.354 e. The third kappa shape index (κ3) is 3.66. The lowest BCUT2D eigenvalue weighted by molar-refractivity contribution is -0.121. The van der Waals surface area contributed by atoms with Crippen molar-refractivity contribution in [2.24, 2.45) is 0 Å². The number of amides is 1. The van der Waals surface area contributed by atoms with Gasteiger partial charge in [0, 0.05) is 19.0 Å². The van der Waals surface area contributed by atoms with Gasteiger partial charge in [0.05, 0.1) is 12.2 Å². The van der Waals surface area contributed by atoms with E-state index in [0.29, 0.717) is 19.5 Å². The highest BCUT2D eigenvalue weighted by Gasteiger charge is 2.13. The van der Waals surface area contributed by atoms with Crippen LogP contribution in [0.5, 0.6) is 0 Å². The smallest absolute Gasteiger partial charge is 0.267 e. The Kier molecular flexibility index (Phi) is 4.71. The molecule has 0 saturated carbocycles. The molecule has 104 valence electrons. The van der Waals surface area contributed by atoms with Crippen molar-refractivity contribution in [3.63, 3.8) is 0 Å². The maximum Gasteiger partial charge on any atom is 0.267 e. The average molecular weight is 263 g/mol. The summed E-state index contributed by atoms with van der Waals surface area (Å²) in [6, 6.07) is 1.70. The second kappa shape index (κ2) is 6.50. The van der Waals surface area contributed by atoms with Gasteiger partial charge in [-0.3, -0.25) is 9.59 Å². The molecule has 1 aromatic rings. The molecule has 0 aliphatic heterocycles. The minimum absolute atomic E-state index is 0.0357. The van der Waals surface area contributed by atoms with E-state index in [1.165, 1.54) is 4.68 Å². The van der Waals surface area contributed by atoms with E-state index in [1.54, 1.807) is 6.07 Å². The van der Waals surface area contributed by atoms with Gasteiger partial charge in [0.25, 0.3) is 5.56 Å². The summed E-state index contributed by atoms with van der Waals surface area (Å²) in [4.78, 5) is 23.2. The number of aromatic nitrogens is 2. The summed E-state index contributed by atoms with van der Waals surface area (Å²) >= 11 is 0. The summed E-state index contributed by atoms with van der Waals surface area (Å²) in [6.45, 7) is 2.88. The van der Waals surface area contributed by atoms with Crippen LogP contribution >= 0.6 is 0 Å². The van der Waals surface area contributed by atoms with Crippen LogP contribution < -0.4 is 10.9 Å². The molecule has 0 bridgehead atoms. The van der Waals surface area contributed by atoms with Gasteiger partial charge in [0.2, 0.25) is 5.91 Å². The van der Waals surface area contributed by atoms with Crippen LogP contribution in [0.4, 0.5) is 0 Å². The fourth-order valence-electron chi connectivity index (χ4n) is 2.38. The first kappa shape index (κ1) is 13.8. The topological polar surface area (TPSA) is 64.0 Å². The maximum absolute atomic E-state index is 11.9. The highest BCUT2D eigenvalue weighted by molar-refractivity contribution is 5.75. The Morgan fingerprint density at radius 2 is 2.21 bits per heavy atom. The van der Waals surface area contributed by atoms with Gasteiger partial charge in [0.15, 0.2) is 0 Å². The van der Waals surface area contributed by atoms with E-state index >= 15 is 0 Å². The summed E-state index contributed by atoms with van der Waals surface area (Å²) in [6.07, 6.45) is 5.58. The monoisotopic (exact) mass is 263 g/mol. The zero-order valence-electron chi connectivity index (χ0n) is 11.4. The van der Waals surface area contributed by atoms with Crippen LogP contribution in [0.3, 0.4) is 0 Å². The van der Waals surface area contributed by atoms with E-state index in [-0.39, 0.29) is 11.5 Å². The molecule has 1 aliphatic carbocycles. The molecule has 0 spiro atoms. The first-order chi connectivity index (χ1) is 9.20. The van der Waals surface area contributed by atoms with Crippen LogP contribution in [0.1, 0.15) is 43.9 Å². The van der Waals surface area contributed by atoms with Gasteiger partial charge in [-0.1, -0.05) is 6.92 Å². The number of aryl methyl sites for hydroxylation is 2. The molecule has 1 N–H and O–H groups in total. The van der Waals surface area contributed by atoms with E-state index in [1.807, 2.05) is 6.92 Å². The summed E-state index contributed by atoms with van der Waals surface area (Å²) in [5.74, 6) is 0.0357. The molecular weight excluding hydrogens is 242 g/mol. The molecule has 0 aromatic carbocycles. The van der Waals surface area contributed by atoms with E-state index < -0.39 is 0 Å². The van der Waals surface area contributed by atoms with Crippen molar-refractivity contribution >= 4 is 5.91 Å². The first-order valence-electron chi connectivity index (χ1n) is 7.07. The quantitative estimate of drug-likeness (QED) is 0.863. The van der Waals surface area contributed by atoms with Gasteiger partial charge < -0.3 is 5.32 Å². The predicted molar refractivity (Wildman–Crippen MR) is 73.1 cm³/mol. The van der Waals surface area contributed by atoms with Crippen LogP contribution in [0.15, 0.2) is 10.9 Å². The normalized spacial score (nSPS) is 13.9. The van der Waals surface area contributed by atoms with Crippen LogP contribution in [0.2, 0.25) is 0 Å². The Bertz CT molecular complexity index is 508. The van der Waals surface area contributed by atoms with Crippen molar-refractivity contribution in [3.8, 4) is 0 Å². The maximum atomic E-state index is 11.9. The van der Waals surface area contributed by atoms with Crippen molar-refractivity contribution in [2.75, 3.05) is 6.54 Å². The van der Waals surface area contributed by atoms with Crippen LogP contribution in [0, 0.1) is 0 Å². The van der Waals surface area contributed by atoms with Gasteiger partial charge in [-0.05, 0) is 37.7 Å². The summed E-state index contributed by atoms with van der Waals surface area (Å²) < 4.78 is 1.47. The number of hydrogen-bond donors (Lipinski definition) is 1. The Balaban J connectivity index is 1.97. The van der Waals surface area contributed by atoms with Gasteiger partial charge in [-0.2, -0.15) is 5.10 Å². The standard InChI is InChI=1S/C14H21N3O2/c1-2-5-13(18)15-8-9-17-14(19)10-11-6-3-4-7-12(11)16-17/h10H,2-9H2,1H3,(H,15,18). The second-order valence-corrected chi connectivity index (χ2v) is 4.98. The Labute approximate surface area is 113 Å². The predicted octanol–water partition coefficient (Wildman–Crippen LogP) is 1.04. The number of hydrogen-bond acceptors (Lipinski definition) is 3. The molecule has 1 heterocycles. The molecule has 0 fully saturated rings. The number of rotatable bonds is 5. The molecule has 1 aliphatic rings. The molecule has 0 radical (unpaired) electrons. The lowest BCUT2D eigenvalue weighted by atomic mass is 9.97. The third-order valence-electron chi connectivity index (χ3n) is 3.40. The Hall–Kier alpha value is -1.65. The minimum Gasteiger partial charge on any atom is -0.354 e. The number of nitrogens with zero attached hydrogens (tertiary/aromatic N) is 2. The number of fused-ring (bicyclic) bond motifs is 1. The molecule has 2 rings (SSSR count). The molecular formula is C14H21N3O2. The molecule has 19 heavy (non-hydrogen) atoms. The van der Waals surface area contributed by atoms with Gasteiger partial charge in [0.1, 0.15) is 0 Å². The molecule has 5 nitrogen and oxygen atoms in total. The fourth-order valence-corrected chi connectivity index (χ4v) is 2.38. The van der Waals surface area contributed by atoms with Crippen molar-refractivity contribution in [3.05, 3.63) is 27.7 Å². The van der Waals surface area contributed by atoms with Crippen molar-refractivity contribution in [2.45, 2.75) is 52.0 Å². The lowest BCUT2D eigenvalue weighted by Crippen LogP contribution is -2.33. The van der Waals surface area contributed by atoms with Crippen molar-refractivity contribution in [1.82, 2.24) is 15.1 Å². The SMILES string of the molecule is CCCC(=O)NCCn1nc2c(cc1=O)CCCC2. The molecule has 1 amide bonds. The molecule has 0 saturated heterocycles. The van der Waals surface area contributed by atoms with Crippen molar-refractivity contribution < 1.29 is 4.79 Å². The van der Waals surface area contributed by atoms with Crippen LogP contribution in [0.25, 0.3) is 0 Å². The van der Waals surface area contributed by atoms with Crippen LogP contribution in [-0.4, -0.2) is 22.2 Å². The number of carbonyl (C=O) groups is 1. The summed E-state index contributed by atoms with van der Waals surface area (Å²) in [5, 5.41) is 7.21. The van der Waals surface area contributed by atoms with E-state index in [9.17, 15) is 9.59 Å². The molecule has 5 heteroatoms. The first-order valence-corrected chi connectivity index (χ1v) is 7.07. The highest BCUT2D eigenvalue weighted by Crippen LogP contribution is 2.16. The minimum atomic E-state index is -0.0645. The summed E-state index contributed by atoms with van der Waals surface area (Å²) in [7, 11) is 0. The lowest BCUT2D eigenvalue weighted by Gasteiger charge is -2.15. The van der Waals surface area contributed by atoms with Gasteiger partial charge in [-0.15, -0.1) is 0 Å². The van der Waals surface area contributed by atoms with E-state index in [4.69, 9.17) is 0 Å². The molecule has 0 atom stereocenters. The van der Waals surface area contributed by atoms with Gasteiger partial charge >= 0.3 is 0 Å². The highest BCUT2D eigenvalue weighted by atomic mass is 16.1. The Morgan fingerprint density at radius 1 is 1.42 bits per heavy atom. The van der Waals surface area contributed by atoms with Crippen LogP contribution in [-0.2, 0) is 24.2 Å². The fraction of sp³-hybridized carbons (Fsp3) is 0.643. The van der Waals surface area contributed by atoms with E-state index in [0.717, 1.165) is 43.4 Å². The zero-order chi connectivity index (χ0) is 13.7. The number of carbonyl (C=O) groups excluding carboxylic acids is 1. The molecule has 1 aromatic heterocycles. The summed E-state index contributed by atoms with van der Waals surface area (Å²) in [5.41, 5.74) is 2.08. The van der Waals surface area contributed by atoms with Crippen molar-refractivity contribution in [1.29, 1.82) is 0 Å². The third-order valence-corrected chi connectivity index (χ3v) is 3.40. The van der Waals surface area contributed by atoms with Gasteiger partial charge in [-0.25, -0.2) is 4.68 Å².